The third-order valence-corrected chi connectivity index (χ3v) is 5.44. The Morgan fingerprint density at radius 1 is 0.862 bits per heavy atom. The Labute approximate surface area is 170 Å². The lowest BCUT2D eigenvalue weighted by molar-refractivity contribution is -0.157. The Balaban J connectivity index is 1.84. The monoisotopic (exact) mass is 404 g/mol. The minimum absolute atomic E-state index is 0.217. The molecule has 0 aromatic heterocycles. The van der Waals surface area contributed by atoms with Crippen LogP contribution in [0.25, 0.3) is 0 Å². The maximum atomic E-state index is 10.4. The van der Waals surface area contributed by atoms with Crippen LogP contribution in [0.1, 0.15) is 17.5 Å². The van der Waals surface area contributed by atoms with Crippen molar-refractivity contribution in [2.75, 3.05) is 20.8 Å². The Morgan fingerprint density at radius 2 is 1.52 bits per heavy atom. The van der Waals surface area contributed by atoms with Crippen LogP contribution in [0.3, 0.4) is 0 Å². The van der Waals surface area contributed by atoms with E-state index >= 15 is 0 Å². The van der Waals surface area contributed by atoms with Crippen LogP contribution >= 0.6 is 0 Å². The number of ether oxygens (including phenoxy) is 3. The van der Waals surface area contributed by atoms with E-state index in [2.05, 4.69) is 0 Å². The van der Waals surface area contributed by atoms with Crippen molar-refractivity contribution in [1.29, 1.82) is 0 Å². The van der Waals surface area contributed by atoms with Gasteiger partial charge in [0.1, 0.15) is 35.6 Å². The van der Waals surface area contributed by atoms with Crippen LogP contribution in [0, 0.1) is 5.92 Å². The van der Waals surface area contributed by atoms with Gasteiger partial charge in [0.15, 0.2) is 0 Å². The highest BCUT2D eigenvalue weighted by atomic mass is 16.5. The summed E-state index contributed by atoms with van der Waals surface area (Å²) >= 11 is 0. The molecule has 0 radical (unpaired) electrons. The summed E-state index contributed by atoms with van der Waals surface area (Å²) in [5.74, 6) is 1.31. The van der Waals surface area contributed by atoms with Gasteiger partial charge < -0.3 is 34.6 Å². The average Bonchev–Trinajstić information content (AvgIpc) is 2.75. The van der Waals surface area contributed by atoms with Crippen LogP contribution in [0.4, 0.5) is 0 Å². The van der Waals surface area contributed by atoms with Crippen molar-refractivity contribution in [2.24, 2.45) is 5.92 Å². The Kier molecular flexibility index (Phi) is 6.97. The summed E-state index contributed by atoms with van der Waals surface area (Å²) < 4.78 is 16.6. The van der Waals surface area contributed by atoms with Crippen LogP contribution in [0.5, 0.6) is 17.2 Å². The summed E-state index contributed by atoms with van der Waals surface area (Å²) in [6, 6.07) is 13.1. The fraction of sp³-hybridized carbons (Fsp3) is 0.455. The lowest BCUT2D eigenvalue weighted by Crippen LogP contribution is -2.56. The topological polar surface area (TPSA) is 109 Å². The maximum Gasteiger partial charge on any atom is 0.128 e. The highest BCUT2D eigenvalue weighted by Crippen LogP contribution is 2.33. The van der Waals surface area contributed by atoms with Gasteiger partial charge in [0.2, 0.25) is 0 Å². The number of hydrogen-bond acceptors (Lipinski definition) is 7. The van der Waals surface area contributed by atoms with E-state index in [0.29, 0.717) is 17.9 Å². The van der Waals surface area contributed by atoms with Gasteiger partial charge in [-0.25, -0.2) is 0 Å². The standard InChI is InChI=1S/C22H28O7/c1-27-16-6-3-13(4-7-16)9-14-5-8-17(28-2)11-18(14)29-19-10-15(12-23)20(24)22(26)21(19)25/h3-8,11,15,19-26H,9-10,12H2,1-2H3/t15-,19-,20-,21+,22+/m1/s1. The number of methoxy groups -OCH3 is 2. The molecule has 4 N–H and O–H groups in total. The number of aliphatic hydroxyl groups excluding tert-OH is 4. The second-order valence-corrected chi connectivity index (χ2v) is 7.30. The summed E-state index contributed by atoms with van der Waals surface area (Å²) in [6.07, 6.45) is -3.82. The van der Waals surface area contributed by atoms with Crippen molar-refractivity contribution < 1.29 is 34.6 Å². The fourth-order valence-electron chi connectivity index (χ4n) is 3.62. The van der Waals surface area contributed by atoms with Crippen molar-refractivity contribution in [3.05, 3.63) is 53.6 Å². The molecule has 0 unspecified atom stereocenters. The molecule has 5 atom stereocenters. The molecule has 158 valence electrons. The molecule has 0 spiro atoms. The quantitative estimate of drug-likeness (QED) is 0.548. The predicted octanol–water partition coefficient (Wildman–Crippen LogP) is 1.14. The SMILES string of the molecule is COc1ccc(Cc2ccc(OC)cc2O[C@@H]2C[C@H](CO)[C@@H](O)[C@H](O)[C@H]2O)cc1. The first kappa shape index (κ1) is 21.4. The molecule has 0 bridgehead atoms. The highest BCUT2D eigenvalue weighted by molar-refractivity contribution is 5.44. The molecule has 7 nitrogen and oxygen atoms in total. The Hall–Kier alpha value is -2.32. The van der Waals surface area contributed by atoms with Gasteiger partial charge in [0.25, 0.3) is 0 Å². The zero-order valence-corrected chi connectivity index (χ0v) is 16.6. The normalized spacial score (nSPS) is 26.8. The zero-order chi connectivity index (χ0) is 21.0. The Bertz CT molecular complexity index is 790. The first-order valence-electron chi connectivity index (χ1n) is 9.58. The van der Waals surface area contributed by atoms with Gasteiger partial charge in [-0.1, -0.05) is 18.2 Å². The number of rotatable bonds is 7. The minimum atomic E-state index is -1.39. The summed E-state index contributed by atoms with van der Waals surface area (Å²) in [4.78, 5) is 0. The summed E-state index contributed by atoms with van der Waals surface area (Å²) in [6.45, 7) is -0.304. The smallest absolute Gasteiger partial charge is 0.128 e. The van der Waals surface area contributed by atoms with E-state index in [4.69, 9.17) is 14.2 Å². The van der Waals surface area contributed by atoms with Gasteiger partial charge in [-0.3, -0.25) is 0 Å². The lowest BCUT2D eigenvalue weighted by Gasteiger charge is -2.39. The van der Waals surface area contributed by atoms with E-state index in [1.165, 1.54) is 0 Å². The predicted molar refractivity (Wildman–Crippen MR) is 106 cm³/mol. The molecule has 0 heterocycles. The molecular weight excluding hydrogens is 376 g/mol. The number of benzene rings is 2. The Morgan fingerprint density at radius 3 is 2.14 bits per heavy atom. The molecule has 1 aliphatic carbocycles. The van der Waals surface area contributed by atoms with E-state index in [1.807, 2.05) is 36.4 Å². The van der Waals surface area contributed by atoms with Crippen LogP contribution in [-0.2, 0) is 6.42 Å². The first-order chi connectivity index (χ1) is 14.0. The third kappa shape index (κ3) is 4.82. The summed E-state index contributed by atoms with van der Waals surface area (Å²) in [5, 5.41) is 40.0. The van der Waals surface area contributed by atoms with Gasteiger partial charge in [-0.15, -0.1) is 0 Å². The molecule has 7 heteroatoms. The first-order valence-corrected chi connectivity index (χ1v) is 9.58. The number of hydrogen-bond donors (Lipinski definition) is 4. The van der Waals surface area contributed by atoms with Crippen LogP contribution in [0.15, 0.2) is 42.5 Å². The van der Waals surface area contributed by atoms with E-state index in [-0.39, 0.29) is 13.0 Å². The van der Waals surface area contributed by atoms with Crippen molar-refractivity contribution in [3.63, 3.8) is 0 Å². The van der Waals surface area contributed by atoms with Crippen molar-refractivity contribution in [3.8, 4) is 17.2 Å². The molecule has 0 amide bonds. The van der Waals surface area contributed by atoms with E-state index in [0.717, 1.165) is 16.9 Å². The van der Waals surface area contributed by atoms with E-state index in [1.54, 1.807) is 20.3 Å². The van der Waals surface area contributed by atoms with Crippen LogP contribution < -0.4 is 14.2 Å². The highest BCUT2D eigenvalue weighted by Gasteiger charge is 2.43. The molecule has 1 saturated carbocycles. The second-order valence-electron chi connectivity index (χ2n) is 7.30. The minimum Gasteiger partial charge on any atom is -0.497 e. The van der Waals surface area contributed by atoms with E-state index < -0.39 is 30.3 Å². The summed E-state index contributed by atoms with van der Waals surface area (Å²) in [7, 11) is 3.17. The molecule has 0 saturated heterocycles. The maximum absolute atomic E-state index is 10.4. The van der Waals surface area contributed by atoms with Crippen molar-refractivity contribution in [2.45, 2.75) is 37.3 Å². The molecule has 2 aromatic carbocycles. The number of aliphatic hydroxyl groups is 4. The molecule has 3 rings (SSSR count). The van der Waals surface area contributed by atoms with Crippen molar-refractivity contribution in [1.82, 2.24) is 0 Å². The molecule has 1 fully saturated rings. The van der Waals surface area contributed by atoms with Crippen molar-refractivity contribution >= 4 is 0 Å². The van der Waals surface area contributed by atoms with Gasteiger partial charge >= 0.3 is 0 Å². The largest absolute Gasteiger partial charge is 0.497 e. The van der Waals surface area contributed by atoms with Gasteiger partial charge in [0, 0.05) is 25.0 Å². The molecular formula is C22H28O7. The molecule has 1 aliphatic rings. The average molecular weight is 404 g/mol. The van der Waals surface area contributed by atoms with E-state index in [9.17, 15) is 20.4 Å². The van der Waals surface area contributed by atoms with Crippen LogP contribution in [-0.4, -0.2) is 65.7 Å². The third-order valence-electron chi connectivity index (χ3n) is 5.44. The second kappa shape index (κ2) is 9.45. The zero-order valence-electron chi connectivity index (χ0n) is 16.6. The van der Waals surface area contributed by atoms with Gasteiger partial charge in [0.05, 0.1) is 20.3 Å². The molecule has 29 heavy (non-hydrogen) atoms. The fourth-order valence-corrected chi connectivity index (χ4v) is 3.62. The molecule has 2 aromatic rings. The van der Waals surface area contributed by atoms with Gasteiger partial charge in [-0.05, 0) is 35.7 Å². The van der Waals surface area contributed by atoms with Crippen LogP contribution in [0.2, 0.25) is 0 Å². The lowest BCUT2D eigenvalue weighted by atomic mass is 9.81. The molecule has 0 aliphatic heterocycles. The summed E-state index contributed by atoms with van der Waals surface area (Å²) in [5.41, 5.74) is 1.93. The van der Waals surface area contributed by atoms with Gasteiger partial charge in [-0.2, -0.15) is 0 Å².